The Morgan fingerprint density at radius 2 is 2.09 bits per heavy atom. The Morgan fingerprint density at radius 1 is 1.39 bits per heavy atom. The van der Waals surface area contributed by atoms with Crippen molar-refractivity contribution in [2.24, 2.45) is 11.1 Å². The predicted molar refractivity (Wildman–Crippen MR) is 86.5 cm³/mol. The topological polar surface area (TPSA) is 108 Å². The number of anilines is 1. The van der Waals surface area contributed by atoms with Crippen LogP contribution >= 0.6 is 0 Å². The zero-order chi connectivity index (χ0) is 17.2. The van der Waals surface area contributed by atoms with Gasteiger partial charge in [0, 0.05) is 5.69 Å². The number of rotatable bonds is 4. The second-order valence-corrected chi connectivity index (χ2v) is 6.36. The van der Waals surface area contributed by atoms with Gasteiger partial charge in [-0.2, -0.15) is 4.68 Å². The molecule has 1 aromatic heterocycles. The second-order valence-electron chi connectivity index (χ2n) is 6.36. The molecule has 124 valence electrons. The van der Waals surface area contributed by atoms with Gasteiger partial charge in [0.2, 0.25) is 5.91 Å². The molecular weight excluding hydrogens is 296 g/mol. The van der Waals surface area contributed by atoms with E-state index in [4.69, 9.17) is 10.5 Å². The van der Waals surface area contributed by atoms with Gasteiger partial charge in [-0.05, 0) is 41.0 Å². The summed E-state index contributed by atoms with van der Waals surface area (Å²) in [6, 6.07) is 4.61. The zero-order valence-corrected chi connectivity index (χ0v) is 14.0. The van der Waals surface area contributed by atoms with Crippen LogP contribution in [0.2, 0.25) is 0 Å². The van der Waals surface area contributed by atoms with Gasteiger partial charge in [-0.15, -0.1) is 5.10 Å². The molecule has 3 N–H and O–H groups in total. The molecule has 2 aromatic rings. The molecule has 1 aromatic carbocycles. The van der Waals surface area contributed by atoms with Gasteiger partial charge in [0.1, 0.15) is 11.4 Å². The van der Waals surface area contributed by atoms with Crippen LogP contribution in [0.3, 0.4) is 0 Å². The average molecular weight is 318 g/mol. The number of amides is 1. The molecule has 0 spiro atoms. The first-order chi connectivity index (χ1) is 10.7. The maximum Gasteiger partial charge on any atom is 0.241 e. The normalized spacial score (nSPS) is 12.8. The van der Waals surface area contributed by atoms with Crippen LogP contribution < -0.4 is 15.8 Å². The minimum Gasteiger partial charge on any atom is -0.494 e. The molecule has 1 amide bonds. The van der Waals surface area contributed by atoms with Gasteiger partial charge >= 0.3 is 0 Å². The molecule has 0 unspecified atom stereocenters. The maximum atomic E-state index is 12.3. The molecule has 8 heteroatoms. The number of carbonyl (C=O) groups is 1. The molecule has 23 heavy (non-hydrogen) atoms. The minimum absolute atomic E-state index is 0.248. The van der Waals surface area contributed by atoms with Crippen molar-refractivity contribution in [3.63, 3.8) is 0 Å². The first kappa shape index (κ1) is 16.9. The lowest BCUT2D eigenvalue weighted by Gasteiger charge is -2.26. The lowest BCUT2D eigenvalue weighted by Crippen LogP contribution is -2.45. The summed E-state index contributed by atoms with van der Waals surface area (Å²) in [6.45, 7) is 7.53. The molecular formula is C15H22N6O2. The predicted octanol–water partition coefficient (Wildman–Crippen LogP) is 1.29. The number of methoxy groups -OCH3 is 1. The molecule has 0 bridgehead atoms. The molecule has 1 atom stereocenters. The van der Waals surface area contributed by atoms with E-state index in [0.29, 0.717) is 22.9 Å². The first-order valence-corrected chi connectivity index (χ1v) is 7.24. The van der Waals surface area contributed by atoms with E-state index in [1.54, 1.807) is 32.2 Å². The number of benzene rings is 1. The van der Waals surface area contributed by atoms with Crippen LogP contribution in [0.25, 0.3) is 5.69 Å². The van der Waals surface area contributed by atoms with Crippen LogP contribution in [-0.4, -0.2) is 39.3 Å². The number of hydrogen-bond donors (Lipinski definition) is 2. The highest BCUT2D eigenvalue weighted by Gasteiger charge is 2.27. The summed E-state index contributed by atoms with van der Waals surface area (Å²) in [5, 5.41) is 14.2. The summed E-state index contributed by atoms with van der Waals surface area (Å²) in [4.78, 5) is 12.3. The monoisotopic (exact) mass is 318 g/mol. The Morgan fingerprint density at radius 3 is 2.61 bits per heavy atom. The molecule has 0 radical (unpaired) electrons. The van der Waals surface area contributed by atoms with Crippen LogP contribution in [0.5, 0.6) is 5.75 Å². The van der Waals surface area contributed by atoms with E-state index >= 15 is 0 Å². The van der Waals surface area contributed by atoms with E-state index in [9.17, 15) is 4.79 Å². The molecule has 2 rings (SSSR count). The number of aryl methyl sites for hydroxylation is 1. The van der Waals surface area contributed by atoms with Gasteiger partial charge in [0.25, 0.3) is 0 Å². The van der Waals surface area contributed by atoms with Gasteiger partial charge in [-0.1, -0.05) is 20.8 Å². The number of carbonyl (C=O) groups excluding carboxylic acids is 1. The van der Waals surface area contributed by atoms with Gasteiger partial charge in [0.05, 0.1) is 13.2 Å². The maximum absolute atomic E-state index is 12.3. The molecule has 0 saturated carbocycles. The van der Waals surface area contributed by atoms with Crippen LogP contribution in [0.4, 0.5) is 5.69 Å². The Bertz CT molecular complexity index is 704. The number of nitrogens with one attached hydrogen (secondary N) is 1. The first-order valence-electron chi connectivity index (χ1n) is 7.24. The number of ether oxygens (including phenoxy) is 1. The largest absolute Gasteiger partial charge is 0.494 e. The Kier molecular flexibility index (Phi) is 4.65. The summed E-state index contributed by atoms with van der Waals surface area (Å²) in [5.74, 6) is 0.957. The number of aromatic nitrogens is 4. The van der Waals surface area contributed by atoms with Gasteiger partial charge < -0.3 is 15.8 Å². The quantitative estimate of drug-likeness (QED) is 0.879. The molecule has 8 nitrogen and oxygen atoms in total. The summed E-state index contributed by atoms with van der Waals surface area (Å²) < 4.78 is 6.87. The number of hydrogen-bond acceptors (Lipinski definition) is 6. The third-order valence-corrected chi connectivity index (χ3v) is 3.52. The van der Waals surface area contributed by atoms with Crippen molar-refractivity contribution >= 4 is 11.6 Å². The smallest absolute Gasteiger partial charge is 0.241 e. The van der Waals surface area contributed by atoms with Crippen molar-refractivity contribution in [1.82, 2.24) is 20.2 Å². The van der Waals surface area contributed by atoms with Crippen LogP contribution in [0.15, 0.2) is 18.2 Å². The Hall–Kier alpha value is -2.48. The minimum atomic E-state index is -0.622. The number of nitrogens with two attached hydrogens (primary N) is 1. The van der Waals surface area contributed by atoms with Crippen LogP contribution in [-0.2, 0) is 4.79 Å². The van der Waals surface area contributed by atoms with Crippen LogP contribution in [0.1, 0.15) is 26.6 Å². The molecule has 0 aliphatic carbocycles. The van der Waals surface area contributed by atoms with E-state index < -0.39 is 6.04 Å². The van der Waals surface area contributed by atoms with Gasteiger partial charge in [-0.3, -0.25) is 4.79 Å². The van der Waals surface area contributed by atoms with Crippen molar-refractivity contribution in [3.05, 3.63) is 24.0 Å². The summed E-state index contributed by atoms with van der Waals surface area (Å²) in [5.41, 5.74) is 6.89. The average Bonchev–Trinajstić information content (AvgIpc) is 2.91. The van der Waals surface area contributed by atoms with E-state index in [1.165, 1.54) is 4.68 Å². The van der Waals surface area contributed by atoms with E-state index in [1.807, 2.05) is 20.8 Å². The van der Waals surface area contributed by atoms with E-state index in [0.717, 1.165) is 0 Å². The molecule has 0 saturated heterocycles. The van der Waals surface area contributed by atoms with Crippen LogP contribution in [0, 0.1) is 12.3 Å². The lowest BCUT2D eigenvalue weighted by molar-refractivity contribution is -0.119. The highest BCUT2D eigenvalue weighted by Crippen LogP contribution is 2.27. The molecule has 0 aliphatic heterocycles. The number of nitrogens with zero attached hydrogens (tertiary/aromatic N) is 4. The fraction of sp³-hybridized carbons (Fsp3) is 0.467. The fourth-order valence-corrected chi connectivity index (χ4v) is 2.00. The second kappa shape index (κ2) is 6.33. The van der Waals surface area contributed by atoms with Gasteiger partial charge in [0.15, 0.2) is 5.82 Å². The van der Waals surface area contributed by atoms with Crippen molar-refractivity contribution in [1.29, 1.82) is 0 Å². The summed E-state index contributed by atoms with van der Waals surface area (Å²) >= 11 is 0. The molecule has 1 heterocycles. The standard InChI is InChI=1S/C15H22N6O2/c1-9-18-19-20-21(9)11-8-10(6-7-12(11)23-5)17-14(22)13(16)15(2,3)4/h6-8,13H,16H2,1-5H3,(H,17,22)/t13-/m1/s1. The van der Waals surface area contributed by atoms with Crippen molar-refractivity contribution in [3.8, 4) is 11.4 Å². The van der Waals surface area contributed by atoms with Crippen molar-refractivity contribution in [2.75, 3.05) is 12.4 Å². The lowest BCUT2D eigenvalue weighted by atomic mass is 9.87. The third-order valence-electron chi connectivity index (χ3n) is 3.52. The highest BCUT2D eigenvalue weighted by molar-refractivity contribution is 5.95. The highest BCUT2D eigenvalue weighted by atomic mass is 16.5. The molecule has 0 fully saturated rings. The Balaban J connectivity index is 2.32. The van der Waals surface area contributed by atoms with E-state index in [-0.39, 0.29) is 11.3 Å². The van der Waals surface area contributed by atoms with Gasteiger partial charge in [-0.25, -0.2) is 0 Å². The van der Waals surface area contributed by atoms with Crippen molar-refractivity contribution in [2.45, 2.75) is 33.7 Å². The third kappa shape index (κ3) is 3.65. The summed E-state index contributed by atoms with van der Waals surface area (Å²) in [7, 11) is 1.56. The fourth-order valence-electron chi connectivity index (χ4n) is 2.00. The zero-order valence-electron chi connectivity index (χ0n) is 14.0. The van der Waals surface area contributed by atoms with E-state index in [2.05, 4.69) is 20.8 Å². The SMILES string of the molecule is COc1ccc(NC(=O)[C@@H](N)C(C)(C)C)cc1-n1nnnc1C. The summed E-state index contributed by atoms with van der Waals surface area (Å²) in [6.07, 6.45) is 0. The van der Waals surface area contributed by atoms with Crippen molar-refractivity contribution < 1.29 is 9.53 Å². The molecule has 0 aliphatic rings. The number of tetrazole rings is 1. The Labute approximate surface area is 135 Å².